The minimum Gasteiger partial charge on any atom is -0.340 e. The third-order valence-corrected chi connectivity index (χ3v) is 5.86. The van der Waals surface area contributed by atoms with Crippen LogP contribution >= 0.6 is 0 Å². The molecule has 0 radical (unpaired) electrons. The maximum atomic E-state index is 7.45. The number of aromatic nitrogens is 7. The molecule has 32 heavy (non-hydrogen) atoms. The van der Waals surface area contributed by atoms with Gasteiger partial charge in [-0.3, -0.25) is 0 Å². The first-order valence-corrected chi connectivity index (χ1v) is 11.1. The number of fused-ring (bicyclic) bond motifs is 1. The molecule has 0 amide bonds. The summed E-state index contributed by atoms with van der Waals surface area (Å²) in [6, 6.07) is 5.47. The Morgan fingerprint density at radius 3 is 2.78 bits per heavy atom. The summed E-state index contributed by atoms with van der Waals surface area (Å²) < 4.78 is 3.55. The van der Waals surface area contributed by atoms with Gasteiger partial charge < -0.3 is 4.90 Å². The van der Waals surface area contributed by atoms with Crippen LogP contribution in [0.2, 0.25) is 0 Å². The highest BCUT2D eigenvalue weighted by Crippen LogP contribution is 2.25. The first kappa shape index (κ1) is 20.1. The summed E-state index contributed by atoms with van der Waals surface area (Å²) in [5.41, 5.74) is 4.35. The van der Waals surface area contributed by atoms with E-state index in [4.69, 9.17) is 21.6 Å². The quantitative estimate of drug-likeness (QED) is 0.436. The van der Waals surface area contributed by atoms with E-state index in [1.54, 1.807) is 35.5 Å². The molecule has 9 nitrogen and oxygen atoms in total. The van der Waals surface area contributed by atoms with Crippen molar-refractivity contribution in [1.82, 2.24) is 34.3 Å². The Bertz CT molecular complexity index is 1270. The molecule has 9 heteroatoms. The molecular weight excluding hydrogens is 402 g/mol. The summed E-state index contributed by atoms with van der Waals surface area (Å²) in [5.74, 6) is 1.33. The van der Waals surface area contributed by atoms with Gasteiger partial charge in [0.15, 0.2) is 11.5 Å². The van der Waals surface area contributed by atoms with Gasteiger partial charge in [0.1, 0.15) is 6.33 Å². The van der Waals surface area contributed by atoms with Gasteiger partial charge in [-0.1, -0.05) is 25.5 Å². The van der Waals surface area contributed by atoms with Crippen molar-refractivity contribution in [3.63, 3.8) is 0 Å². The van der Waals surface area contributed by atoms with Gasteiger partial charge >= 0.3 is 0 Å². The normalized spacial score (nSPS) is 14.1. The van der Waals surface area contributed by atoms with Gasteiger partial charge in [0.25, 0.3) is 0 Å². The van der Waals surface area contributed by atoms with E-state index in [1.807, 2.05) is 10.6 Å². The Morgan fingerprint density at radius 2 is 1.97 bits per heavy atom. The number of piperidine rings is 1. The second kappa shape index (κ2) is 8.75. The van der Waals surface area contributed by atoms with Crippen LogP contribution in [0, 0.1) is 6.57 Å². The number of pyridine rings is 1. The predicted octanol–water partition coefficient (Wildman–Crippen LogP) is 3.79. The van der Waals surface area contributed by atoms with Gasteiger partial charge in [0, 0.05) is 37.5 Å². The molecule has 1 saturated heterocycles. The zero-order valence-corrected chi connectivity index (χ0v) is 18.1. The van der Waals surface area contributed by atoms with E-state index in [2.05, 4.69) is 26.8 Å². The van der Waals surface area contributed by atoms with E-state index in [0.29, 0.717) is 17.9 Å². The van der Waals surface area contributed by atoms with Crippen LogP contribution in [-0.2, 0) is 12.8 Å². The lowest BCUT2D eigenvalue weighted by molar-refractivity contribution is 0.568. The molecule has 0 spiro atoms. The van der Waals surface area contributed by atoms with Crippen LogP contribution < -0.4 is 4.90 Å². The molecule has 0 atom stereocenters. The van der Waals surface area contributed by atoms with Gasteiger partial charge in [0.2, 0.25) is 11.6 Å². The number of hydrogen-bond donors (Lipinski definition) is 0. The second-order valence-electron chi connectivity index (χ2n) is 8.02. The molecule has 5 rings (SSSR count). The number of nitrogens with zero attached hydrogens (tertiary/aromatic N) is 9. The zero-order chi connectivity index (χ0) is 21.9. The molecule has 0 bridgehead atoms. The Balaban J connectivity index is 1.53. The molecule has 0 N–H and O–H groups in total. The van der Waals surface area contributed by atoms with Crippen molar-refractivity contribution in [3.8, 4) is 5.82 Å². The monoisotopic (exact) mass is 427 g/mol. The van der Waals surface area contributed by atoms with E-state index in [0.717, 1.165) is 54.5 Å². The van der Waals surface area contributed by atoms with Crippen molar-refractivity contribution < 1.29 is 0 Å². The molecule has 0 aliphatic carbocycles. The fourth-order valence-electron chi connectivity index (χ4n) is 4.28. The van der Waals surface area contributed by atoms with E-state index in [1.165, 1.54) is 19.3 Å². The van der Waals surface area contributed by atoms with Crippen LogP contribution in [0.5, 0.6) is 0 Å². The van der Waals surface area contributed by atoms with Crippen LogP contribution in [0.3, 0.4) is 0 Å². The fraction of sp³-hybridized carbons (Fsp3) is 0.391. The van der Waals surface area contributed by atoms with Crippen molar-refractivity contribution in [2.45, 2.75) is 45.4 Å². The van der Waals surface area contributed by atoms with Crippen LogP contribution in [0.25, 0.3) is 16.3 Å². The maximum absolute atomic E-state index is 7.45. The number of anilines is 1. The van der Waals surface area contributed by atoms with E-state index in [-0.39, 0.29) is 0 Å². The predicted molar refractivity (Wildman–Crippen MR) is 121 cm³/mol. The topological polar surface area (TPSA) is 81.4 Å². The van der Waals surface area contributed by atoms with E-state index < -0.39 is 0 Å². The lowest BCUT2D eigenvalue weighted by Gasteiger charge is -2.24. The van der Waals surface area contributed by atoms with Crippen molar-refractivity contribution in [1.29, 1.82) is 0 Å². The second-order valence-corrected chi connectivity index (χ2v) is 8.02. The summed E-state index contributed by atoms with van der Waals surface area (Å²) in [5, 5.41) is 9.15. The molecule has 4 aromatic heterocycles. The average molecular weight is 428 g/mol. The van der Waals surface area contributed by atoms with Crippen LogP contribution in [0.15, 0.2) is 36.9 Å². The van der Waals surface area contributed by atoms with E-state index >= 15 is 0 Å². The highest BCUT2D eigenvalue weighted by Gasteiger charge is 2.20. The molecule has 162 valence electrons. The van der Waals surface area contributed by atoms with E-state index in [9.17, 15) is 0 Å². The molecule has 4 aromatic rings. The van der Waals surface area contributed by atoms with Crippen LogP contribution in [-0.4, -0.2) is 47.4 Å². The summed E-state index contributed by atoms with van der Waals surface area (Å²) in [7, 11) is 0. The lowest BCUT2D eigenvalue weighted by Crippen LogP contribution is -2.30. The van der Waals surface area contributed by atoms with Crippen molar-refractivity contribution in [3.05, 3.63) is 65.3 Å². The summed E-state index contributed by atoms with van der Waals surface area (Å²) in [4.78, 5) is 19.9. The smallest absolute Gasteiger partial charge is 0.245 e. The van der Waals surface area contributed by atoms with Crippen molar-refractivity contribution >= 4 is 17.3 Å². The Kier molecular flexibility index (Phi) is 5.50. The van der Waals surface area contributed by atoms with Gasteiger partial charge in [-0.15, -0.1) is 5.10 Å². The zero-order valence-electron chi connectivity index (χ0n) is 18.1. The van der Waals surface area contributed by atoms with Crippen molar-refractivity contribution in [2.24, 2.45) is 0 Å². The minimum atomic E-state index is 0.471. The molecular formula is C23H25N9. The summed E-state index contributed by atoms with van der Waals surface area (Å²) in [6.45, 7) is 11.6. The van der Waals surface area contributed by atoms with Gasteiger partial charge in [-0.25, -0.2) is 24.0 Å². The lowest BCUT2D eigenvalue weighted by atomic mass is 10.1. The van der Waals surface area contributed by atoms with Crippen LogP contribution in [0.1, 0.15) is 49.6 Å². The number of rotatable bonds is 6. The highest BCUT2D eigenvalue weighted by atomic mass is 15.4. The summed E-state index contributed by atoms with van der Waals surface area (Å²) in [6.07, 6.45) is 11.3. The SMILES string of the molecule is [C-]#[N+]c1cccnc1-n1nccc1Cc1ncn2nc(N3CCCCC3)nc2c1CCC. The standard InChI is InChI=1S/C23H25N9/c1-3-8-18-20(15-17-10-12-27-32(17)22-19(24-2)9-7-11-25-22)26-16-31-21(18)28-23(29-31)30-13-5-4-6-14-30/h7,9-12,16H,3-6,8,13-15H2,1H3. The van der Waals surface area contributed by atoms with Crippen molar-refractivity contribution in [2.75, 3.05) is 18.0 Å². The molecule has 1 fully saturated rings. The van der Waals surface area contributed by atoms with Crippen LogP contribution in [0.4, 0.5) is 11.6 Å². The average Bonchev–Trinajstić information content (AvgIpc) is 3.48. The van der Waals surface area contributed by atoms with Gasteiger partial charge in [0.05, 0.1) is 18.0 Å². The first-order chi connectivity index (χ1) is 15.8. The third-order valence-electron chi connectivity index (χ3n) is 5.86. The molecule has 1 aliphatic heterocycles. The Labute approximate surface area is 186 Å². The molecule has 0 aromatic carbocycles. The highest BCUT2D eigenvalue weighted by molar-refractivity contribution is 5.58. The first-order valence-electron chi connectivity index (χ1n) is 11.1. The minimum absolute atomic E-state index is 0.471. The fourth-order valence-corrected chi connectivity index (χ4v) is 4.28. The Hall–Kier alpha value is -3.80. The molecule has 1 aliphatic rings. The largest absolute Gasteiger partial charge is 0.340 e. The van der Waals surface area contributed by atoms with Gasteiger partial charge in [-0.05, 0) is 31.7 Å². The summed E-state index contributed by atoms with van der Waals surface area (Å²) >= 11 is 0. The number of aryl methyl sites for hydroxylation is 1. The van der Waals surface area contributed by atoms with Gasteiger partial charge in [-0.2, -0.15) is 10.1 Å². The molecule has 0 saturated carbocycles. The Morgan fingerprint density at radius 1 is 1.09 bits per heavy atom. The molecule has 5 heterocycles. The number of hydrogen-bond acceptors (Lipinski definition) is 6. The molecule has 0 unspecified atom stereocenters. The third kappa shape index (κ3) is 3.68. The maximum Gasteiger partial charge on any atom is 0.245 e.